The quantitative estimate of drug-likeness (QED) is 0.395. The monoisotopic (exact) mass is 543 g/mol. The van der Waals surface area contributed by atoms with Gasteiger partial charge in [-0.3, -0.25) is 4.79 Å². The second-order valence-corrected chi connectivity index (χ2v) is 9.73. The van der Waals surface area contributed by atoms with Gasteiger partial charge in [-0.15, -0.1) is 0 Å². The zero-order valence-corrected chi connectivity index (χ0v) is 21.7. The van der Waals surface area contributed by atoms with Crippen molar-refractivity contribution >= 4 is 50.8 Å². The molecule has 1 saturated heterocycles. The van der Waals surface area contributed by atoms with Crippen molar-refractivity contribution in [3.63, 3.8) is 0 Å². The van der Waals surface area contributed by atoms with Crippen LogP contribution in [0.25, 0.3) is 0 Å². The molecule has 0 bridgehead atoms. The van der Waals surface area contributed by atoms with Gasteiger partial charge in [0.2, 0.25) is 11.8 Å². The van der Waals surface area contributed by atoms with Gasteiger partial charge in [-0.2, -0.15) is 4.98 Å². The maximum atomic E-state index is 12.8. The van der Waals surface area contributed by atoms with Gasteiger partial charge in [0.15, 0.2) is 0 Å². The first-order chi connectivity index (χ1) is 16.4. The van der Waals surface area contributed by atoms with Crippen molar-refractivity contribution < 1.29 is 9.53 Å². The van der Waals surface area contributed by atoms with E-state index in [2.05, 4.69) is 67.5 Å². The summed E-state index contributed by atoms with van der Waals surface area (Å²) in [4.78, 5) is 24.0. The molecule has 0 radical (unpaired) electrons. The van der Waals surface area contributed by atoms with Gasteiger partial charge < -0.3 is 20.3 Å². The van der Waals surface area contributed by atoms with Crippen molar-refractivity contribution in [2.75, 3.05) is 37.9 Å². The minimum absolute atomic E-state index is 0.164. The summed E-state index contributed by atoms with van der Waals surface area (Å²) in [5, 5.41) is 6.42. The van der Waals surface area contributed by atoms with E-state index < -0.39 is 5.91 Å². The summed E-state index contributed by atoms with van der Waals surface area (Å²) in [7, 11) is 3.65. The number of amides is 1. The van der Waals surface area contributed by atoms with Gasteiger partial charge in [0, 0.05) is 22.9 Å². The van der Waals surface area contributed by atoms with Gasteiger partial charge >= 0.3 is 0 Å². The van der Waals surface area contributed by atoms with Crippen LogP contribution in [-0.4, -0.2) is 48.0 Å². The molecule has 0 unspecified atom stereocenters. The SMILES string of the molecule is COc1nc(Nc2ccc([C@@H]3CCCN(C)C3)c(C)c2)ncc1C(=O)Nc1c(Cl)cccc1Br. The second-order valence-electron chi connectivity index (χ2n) is 8.47. The van der Waals surface area contributed by atoms with E-state index in [1.165, 1.54) is 37.3 Å². The number of methoxy groups -OCH3 is 1. The molecule has 2 heterocycles. The van der Waals surface area contributed by atoms with E-state index in [1.54, 1.807) is 18.2 Å². The summed E-state index contributed by atoms with van der Waals surface area (Å²) in [6.45, 7) is 4.39. The third-order valence-electron chi connectivity index (χ3n) is 5.98. The number of ether oxygens (including phenoxy) is 1. The van der Waals surface area contributed by atoms with Crippen LogP contribution >= 0.6 is 27.5 Å². The van der Waals surface area contributed by atoms with Crippen LogP contribution < -0.4 is 15.4 Å². The van der Waals surface area contributed by atoms with Crippen molar-refractivity contribution in [2.24, 2.45) is 0 Å². The summed E-state index contributed by atoms with van der Waals surface area (Å²) in [5.74, 6) is 0.642. The molecular weight excluding hydrogens is 518 g/mol. The zero-order valence-electron chi connectivity index (χ0n) is 19.4. The van der Waals surface area contributed by atoms with Crippen molar-refractivity contribution in [2.45, 2.75) is 25.7 Å². The fraction of sp³-hybridized carbons (Fsp3) is 0.320. The topological polar surface area (TPSA) is 79.4 Å². The number of carbonyl (C=O) groups excluding carboxylic acids is 1. The fourth-order valence-corrected chi connectivity index (χ4v) is 5.10. The number of carbonyl (C=O) groups is 1. The Morgan fingerprint density at radius 1 is 1.29 bits per heavy atom. The molecule has 0 saturated carbocycles. The number of anilines is 3. The highest BCUT2D eigenvalue weighted by atomic mass is 79.9. The number of nitrogens with zero attached hydrogens (tertiary/aromatic N) is 3. The molecule has 0 spiro atoms. The van der Waals surface area contributed by atoms with E-state index in [9.17, 15) is 4.79 Å². The number of benzene rings is 2. The molecule has 1 fully saturated rings. The number of hydrogen-bond acceptors (Lipinski definition) is 6. The minimum atomic E-state index is -0.421. The molecule has 1 amide bonds. The summed E-state index contributed by atoms with van der Waals surface area (Å²) < 4.78 is 6.05. The minimum Gasteiger partial charge on any atom is -0.480 e. The summed E-state index contributed by atoms with van der Waals surface area (Å²) in [6, 6.07) is 11.6. The Balaban J connectivity index is 1.50. The average molecular weight is 545 g/mol. The lowest BCUT2D eigenvalue weighted by Crippen LogP contribution is -2.31. The van der Waals surface area contributed by atoms with E-state index in [4.69, 9.17) is 16.3 Å². The first kappa shape index (κ1) is 24.4. The van der Waals surface area contributed by atoms with Gasteiger partial charge in [-0.05, 0) is 90.6 Å². The number of nitrogens with one attached hydrogen (secondary N) is 2. The normalized spacial score (nSPS) is 16.2. The molecule has 34 heavy (non-hydrogen) atoms. The molecule has 4 rings (SSSR count). The van der Waals surface area contributed by atoms with Crippen molar-refractivity contribution in [3.8, 4) is 5.88 Å². The lowest BCUT2D eigenvalue weighted by molar-refractivity contribution is 0.102. The lowest BCUT2D eigenvalue weighted by atomic mass is 9.88. The van der Waals surface area contributed by atoms with Gasteiger partial charge in [-0.25, -0.2) is 4.98 Å². The number of piperidine rings is 1. The third-order valence-corrected chi connectivity index (χ3v) is 6.96. The van der Waals surface area contributed by atoms with Crippen LogP contribution in [0.5, 0.6) is 5.88 Å². The fourth-order valence-electron chi connectivity index (χ4n) is 4.30. The number of likely N-dealkylation sites (tertiary alicyclic amines) is 1. The first-order valence-corrected chi connectivity index (χ1v) is 12.3. The Bertz CT molecular complexity index is 1190. The van der Waals surface area contributed by atoms with Crippen LogP contribution in [0.15, 0.2) is 47.1 Å². The maximum Gasteiger partial charge on any atom is 0.262 e. The molecule has 1 aliphatic heterocycles. The molecule has 7 nitrogen and oxygen atoms in total. The number of rotatable bonds is 6. The van der Waals surface area contributed by atoms with Gasteiger partial charge in [0.25, 0.3) is 5.91 Å². The van der Waals surface area contributed by atoms with Crippen LogP contribution in [0.4, 0.5) is 17.3 Å². The van der Waals surface area contributed by atoms with E-state index >= 15 is 0 Å². The van der Waals surface area contributed by atoms with E-state index in [0.717, 1.165) is 18.8 Å². The Kier molecular flexibility index (Phi) is 7.70. The van der Waals surface area contributed by atoms with Crippen LogP contribution in [0.1, 0.15) is 40.2 Å². The predicted molar refractivity (Wildman–Crippen MR) is 140 cm³/mol. The molecule has 0 aliphatic carbocycles. The standard InChI is InChI=1S/C25H27BrClN5O2/c1-15-12-17(9-10-18(15)16-6-5-11-32(2)14-16)29-25-28-13-19(24(31-25)34-3)23(33)30-22-20(26)7-4-8-21(22)27/h4,7-10,12-13,16H,5-6,11,14H2,1-3H3,(H,30,33)(H,28,29,31)/t16-/m1/s1. The third kappa shape index (κ3) is 5.51. The molecule has 1 aromatic heterocycles. The van der Waals surface area contributed by atoms with Gasteiger partial charge in [0.05, 0.1) is 17.8 Å². The Hall–Kier alpha value is -2.68. The predicted octanol–water partition coefficient (Wildman–Crippen LogP) is 6.01. The molecule has 1 atom stereocenters. The molecule has 1 aliphatic rings. The van der Waals surface area contributed by atoms with Crippen LogP contribution in [-0.2, 0) is 0 Å². The largest absolute Gasteiger partial charge is 0.480 e. The lowest BCUT2D eigenvalue weighted by Gasteiger charge is -2.31. The highest BCUT2D eigenvalue weighted by Gasteiger charge is 2.21. The summed E-state index contributed by atoms with van der Waals surface area (Å²) in [5.41, 5.74) is 4.17. The Labute approximate surface area is 213 Å². The number of halogens is 2. The van der Waals surface area contributed by atoms with E-state index in [0.29, 0.717) is 27.0 Å². The van der Waals surface area contributed by atoms with Crippen molar-refractivity contribution in [3.05, 3.63) is 68.8 Å². The zero-order chi connectivity index (χ0) is 24.2. The summed E-state index contributed by atoms with van der Waals surface area (Å²) in [6.07, 6.45) is 3.88. The molecule has 2 N–H and O–H groups in total. The second kappa shape index (κ2) is 10.7. The van der Waals surface area contributed by atoms with Gasteiger partial charge in [-0.1, -0.05) is 23.7 Å². The van der Waals surface area contributed by atoms with Crippen molar-refractivity contribution in [1.82, 2.24) is 14.9 Å². The maximum absolute atomic E-state index is 12.8. The highest BCUT2D eigenvalue weighted by molar-refractivity contribution is 9.10. The molecule has 9 heteroatoms. The molecule has 178 valence electrons. The van der Waals surface area contributed by atoms with Crippen LogP contribution in [0.3, 0.4) is 0 Å². The molecule has 3 aromatic rings. The Morgan fingerprint density at radius 2 is 2.12 bits per heavy atom. The Morgan fingerprint density at radius 3 is 2.82 bits per heavy atom. The molecular formula is C25H27BrClN5O2. The number of aromatic nitrogens is 2. The van der Waals surface area contributed by atoms with Crippen LogP contribution in [0.2, 0.25) is 5.02 Å². The van der Waals surface area contributed by atoms with Crippen LogP contribution in [0, 0.1) is 6.92 Å². The first-order valence-electron chi connectivity index (χ1n) is 11.1. The van der Waals surface area contributed by atoms with Crippen molar-refractivity contribution in [1.29, 1.82) is 0 Å². The molecule has 2 aromatic carbocycles. The van der Waals surface area contributed by atoms with E-state index in [-0.39, 0.29) is 11.4 Å². The van der Waals surface area contributed by atoms with Gasteiger partial charge in [0.1, 0.15) is 5.56 Å². The smallest absolute Gasteiger partial charge is 0.262 e. The number of likely N-dealkylation sites (N-methyl/N-ethyl adjacent to an activating group) is 1. The average Bonchev–Trinajstić information content (AvgIpc) is 2.81. The number of aryl methyl sites for hydroxylation is 1. The summed E-state index contributed by atoms with van der Waals surface area (Å²) >= 11 is 9.61. The number of para-hydroxylation sites is 1. The van der Waals surface area contributed by atoms with E-state index in [1.807, 2.05) is 6.07 Å². The number of hydrogen-bond donors (Lipinski definition) is 2. The highest BCUT2D eigenvalue weighted by Crippen LogP contribution is 2.32.